The summed E-state index contributed by atoms with van der Waals surface area (Å²) in [5, 5.41) is 0. The van der Waals surface area contributed by atoms with E-state index in [9.17, 15) is 0 Å². The maximum absolute atomic E-state index is 6.28. The minimum atomic E-state index is 0.458. The van der Waals surface area contributed by atoms with Crippen LogP contribution in [0.5, 0.6) is 11.6 Å². The van der Waals surface area contributed by atoms with E-state index in [1.54, 1.807) is 0 Å². The first kappa shape index (κ1) is 18.5. The molecular formula is C21H30N2O. The number of pyridine rings is 1. The van der Waals surface area contributed by atoms with Crippen LogP contribution in [0.3, 0.4) is 0 Å². The van der Waals surface area contributed by atoms with Gasteiger partial charge < -0.3 is 10.5 Å². The molecule has 0 amide bonds. The zero-order chi connectivity index (χ0) is 17.9. The Morgan fingerprint density at radius 2 is 1.67 bits per heavy atom. The number of benzene rings is 1. The molecule has 0 aliphatic rings. The highest BCUT2D eigenvalue weighted by Gasteiger charge is 2.18. The molecule has 1 aromatic heterocycles. The summed E-state index contributed by atoms with van der Waals surface area (Å²) in [6.07, 6.45) is 2.06. The molecule has 2 N–H and O–H groups in total. The molecule has 0 bridgehead atoms. The van der Waals surface area contributed by atoms with Gasteiger partial charge in [0.1, 0.15) is 5.75 Å². The summed E-state index contributed by atoms with van der Waals surface area (Å²) in [5.74, 6) is 2.09. The Balaban J connectivity index is 2.47. The van der Waals surface area contributed by atoms with Crippen molar-refractivity contribution in [1.82, 2.24) is 4.98 Å². The molecule has 1 unspecified atom stereocenters. The first-order valence-corrected chi connectivity index (χ1v) is 8.81. The number of hydrogen-bond donors (Lipinski definition) is 1. The van der Waals surface area contributed by atoms with Crippen LogP contribution in [0, 0.1) is 34.6 Å². The molecule has 3 heteroatoms. The number of hydrogen-bond acceptors (Lipinski definition) is 3. The Hall–Kier alpha value is -1.87. The lowest BCUT2D eigenvalue weighted by molar-refractivity contribution is 0.447. The van der Waals surface area contributed by atoms with Gasteiger partial charge >= 0.3 is 0 Å². The van der Waals surface area contributed by atoms with E-state index in [1.165, 1.54) is 11.1 Å². The van der Waals surface area contributed by atoms with E-state index in [-0.39, 0.29) is 0 Å². The monoisotopic (exact) mass is 326 g/mol. The lowest BCUT2D eigenvalue weighted by Gasteiger charge is -2.20. The smallest absolute Gasteiger partial charge is 0.222 e. The van der Waals surface area contributed by atoms with Crippen molar-refractivity contribution in [3.8, 4) is 11.6 Å². The SMILES string of the molecule is CCC(CCN)c1cc(C)nc(Oc2c(C)cc(C)cc2C)c1C. The van der Waals surface area contributed by atoms with Crippen molar-refractivity contribution in [3.63, 3.8) is 0 Å². The molecule has 2 rings (SSSR count). The lowest BCUT2D eigenvalue weighted by atomic mass is 9.90. The van der Waals surface area contributed by atoms with Gasteiger partial charge in [0.15, 0.2) is 0 Å². The molecule has 0 fully saturated rings. The number of rotatable bonds is 6. The van der Waals surface area contributed by atoms with E-state index in [2.05, 4.69) is 57.8 Å². The molecule has 130 valence electrons. The summed E-state index contributed by atoms with van der Waals surface area (Å²) < 4.78 is 6.28. The van der Waals surface area contributed by atoms with Gasteiger partial charge in [0.25, 0.3) is 0 Å². The van der Waals surface area contributed by atoms with Crippen LogP contribution < -0.4 is 10.5 Å². The van der Waals surface area contributed by atoms with Crippen molar-refractivity contribution < 1.29 is 4.74 Å². The van der Waals surface area contributed by atoms with Gasteiger partial charge in [-0.1, -0.05) is 24.6 Å². The van der Waals surface area contributed by atoms with Crippen LogP contribution in [0.25, 0.3) is 0 Å². The second-order valence-corrected chi connectivity index (χ2v) is 6.80. The van der Waals surface area contributed by atoms with Crippen LogP contribution in [0.15, 0.2) is 18.2 Å². The third-order valence-electron chi connectivity index (χ3n) is 4.65. The number of nitrogens with two attached hydrogens (primary N) is 1. The van der Waals surface area contributed by atoms with Crippen molar-refractivity contribution in [2.24, 2.45) is 5.73 Å². The van der Waals surface area contributed by atoms with Crippen molar-refractivity contribution in [1.29, 1.82) is 0 Å². The molecule has 1 aromatic carbocycles. The van der Waals surface area contributed by atoms with E-state index < -0.39 is 0 Å². The predicted octanol–water partition coefficient (Wildman–Crippen LogP) is 5.26. The topological polar surface area (TPSA) is 48.1 Å². The van der Waals surface area contributed by atoms with Crippen LogP contribution in [0.2, 0.25) is 0 Å². The highest BCUT2D eigenvalue weighted by atomic mass is 16.5. The third-order valence-corrected chi connectivity index (χ3v) is 4.65. The summed E-state index contributed by atoms with van der Waals surface area (Å²) in [6.45, 7) is 13.3. The van der Waals surface area contributed by atoms with Gasteiger partial charge in [-0.05, 0) is 82.7 Å². The summed E-state index contributed by atoms with van der Waals surface area (Å²) in [5.41, 5.74) is 12.8. The minimum Gasteiger partial charge on any atom is -0.438 e. The Morgan fingerprint density at radius 3 is 2.21 bits per heavy atom. The molecule has 24 heavy (non-hydrogen) atoms. The van der Waals surface area contributed by atoms with Crippen LogP contribution in [0.1, 0.15) is 59.2 Å². The number of aromatic nitrogens is 1. The largest absolute Gasteiger partial charge is 0.438 e. The highest BCUT2D eigenvalue weighted by molar-refractivity contribution is 5.47. The summed E-state index contributed by atoms with van der Waals surface area (Å²) in [7, 11) is 0. The Morgan fingerprint density at radius 1 is 1.04 bits per heavy atom. The van der Waals surface area contributed by atoms with Crippen LogP contribution in [0.4, 0.5) is 0 Å². The average molecular weight is 326 g/mol. The predicted molar refractivity (Wildman–Crippen MR) is 101 cm³/mol. The van der Waals surface area contributed by atoms with Gasteiger partial charge in [-0.2, -0.15) is 0 Å². The Bertz CT molecular complexity index is 699. The molecule has 1 heterocycles. The molecule has 0 saturated carbocycles. The zero-order valence-corrected chi connectivity index (χ0v) is 15.9. The fourth-order valence-electron chi connectivity index (χ4n) is 3.46. The second kappa shape index (κ2) is 7.80. The lowest BCUT2D eigenvalue weighted by Crippen LogP contribution is -2.10. The standard InChI is InChI=1S/C21H30N2O/c1-7-18(8-9-22)19-12-16(5)23-21(17(19)6)24-20-14(3)10-13(2)11-15(20)4/h10-12,18H,7-9,22H2,1-6H3. The van der Waals surface area contributed by atoms with Gasteiger partial charge in [-0.25, -0.2) is 4.98 Å². The van der Waals surface area contributed by atoms with E-state index in [0.29, 0.717) is 12.5 Å². The van der Waals surface area contributed by atoms with E-state index in [1.807, 2.05) is 6.92 Å². The van der Waals surface area contributed by atoms with Crippen LogP contribution in [-0.2, 0) is 0 Å². The highest BCUT2D eigenvalue weighted by Crippen LogP contribution is 2.35. The Labute approximate surface area is 146 Å². The third kappa shape index (κ3) is 3.96. The van der Waals surface area contributed by atoms with Gasteiger partial charge in [-0.3, -0.25) is 0 Å². The molecule has 0 radical (unpaired) electrons. The van der Waals surface area contributed by atoms with Gasteiger partial charge in [0.05, 0.1) is 0 Å². The maximum atomic E-state index is 6.28. The van der Waals surface area contributed by atoms with Gasteiger partial charge in [-0.15, -0.1) is 0 Å². The molecule has 2 aromatic rings. The normalized spacial score (nSPS) is 12.3. The molecule has 1 atom stereocenters. The average Bonchev–Trinajstić information content (AvgIpc) is 2.51. The first-order chi connectivity index (χ1) is 11.4. The fraction of sp³-hybridized carbons (Fsp3) is 0.476. The number of ether oxygens (including phenoxy) is 1. The van der Waals surface area contributed by atoms with Crippen LogP contribution in [-0.4, -0.2) is 11.5 Å². The number of aryl methyl sites for hydroxylation is 4. The summed E-state index contributed by atoms with van der Waals surface area (Å²) in [4.78, 5) is 4.66. The molecular weight excluding hydrogens is 296 g/mol. The summed E-state index contributed by atoms with van der Waals surface area (Å²) in [6, 6.07) is 6.48. The van der Waals surface area contributed by atoms with Crippen molar-refractivity contribution in [2.45, 2.75) is 60.3 Å². The Kier molecular flexibility index (Phi) is 6.00. The zero-order valence-electron chi connectivity index (χ0n) is 15.9. The number of nitrogens with zero attached hydrogens (tertiary/aromatic N) is 1. The maximum Gasteiger partial charge on any atom is 0.222 e. The van der Waals surface area contributed by atoms with Crippen LogP contribution >= 0.6 is 0 Å². The van der Waals surface area contributed by atoms with Gasteiger partial charge in [0, 0.05) is 11.3 Å². The fourth-order valence-corrected chi connectivity index (χ4v) is 3.46. The van der Waals surface area contributed by atoms with E-state index in [0.717, 1.165) is 46.9 Å². The molecule has 0 spiro atoms. The van der Waals surface area contributed by atoms with Crippen molar-refractivity contribution >= 4 is 0 Å². The summed E-state index contributed by atoms with van der Waals surface area (Å²) >= 11 is 0. The molecule has 0 aliphatic heterocycles. The quantitative estimate of drug-likeness (QED) is 0.788. The minimum absolute atomic E-state index is 0.458. The molecule has 0 aliphatic carbocycles. The first-order valence-electron chi connectivity index (χ1n) is 8.81. The van der Waals surface area contributed by atoms with Gasteiger partial charge in [0.2, 0.25) is 5.88 Å². The second-order valence-electron chi connectivity index (χ2n) is 6.80. The van der Waals surface area contributed by atoms with Crippen molar-refractivity contribution in [3.05, 3.63) is 51.7 Å². The molecule has 0 saturated heterocycles. The van der Waals surface area contributed by atoms with E-state index >= 15 is 0 Å². The van der Waals surface area contributed by atoms with Crippen molar-refractivity contribution in [2.75, 3.05) is 6.54 Å². The molecule has 3 nitrogen and oxygen atoms in total. The van der Waals surface area contributed by atoms with E-state index in [4.69, 9.17) is 10.5 Å².